The molecule has 0 bridgehead atoms. The highest BCUT2D eigenvalue weighted by atomic mass is 16.1. The molecule has 0 aliphatic rings. The molecule has 0 spiro atoms. The zero-order chi connectivity index (χ0) is 17.1. The van der Waals surface area contributed by atoms with Gasteiger partial charge < -0.3 is 4.98 Å². The number of nitrogens with zero attached hydrogens (tertiary/aromatic N) is 2. The lowest BCUT2D eigenvalue weighted by molar-refractivity contribution is 0.0968. The largest absolute Gasteiger partial charge is 0.354 e. The summed E-state index contributed by atoms with van der Waals surface area (Å²) in [4.78, 5) is 24.5. The SMILES string of the molecule is Cc1c(-c2ccncc2)[nH]c(-c2ccncc2)c1C(=O)CC(C)C. The second-order valence-electron chi connectivity index (χ2n) is 6.37. The normalized spacial score (nSPS) is 11.0. The first kappa shape index (κ1) is 16.1. The Labute approximate surface area is 142 Å². The Morgan fingerprint density at radius 1 is 0.958 bits per heavy atom. The van der Waals surface area contributed by atoms with Gasteiger partial charge in [-0.05, 0) is 42.7 Å². The third-order valence-corrected chi connectivity index (χ3v) is 4.06. The fourth-order valence-corrected chi connectivity index (χ4v) is 2.96. The fraction of sp³-hybridized carbons (Fsp3) is 0.250. The van der Waals surface area contributed by atoms with Gasteiger partial charge in [-0.25, -0.2) is 0 Å². The Morgan fingerprint density at radius 3 is 1.96 bits per heavy atom. The van der Waals surface area contributed by atoms with Gasteiger partial charge in [-0.1, -0.05) is 13.8 Å². The molecule has 0 aliphatic carbocycles. The maximum absolute atomic E-state index is 12.9. The summed E-state index contributed by atoms with van der Waals surface area (Å²) in [6, 6.07) is 7.75. The molecule has 0 atom stereocenters. The lowest BCUT2D eigenvalue weighted by Crippen LogP contribution is -2.05. The minimum Gasteiger partial charge on any atom is -0.354 e. The van der Waals surface area contributed by atoms with E-state index in [9.17, 15) is 4.79 Å². The number of hydrogen-bond donors (Lipinski definition) is 1. The van der Waals surface area contributed by atoms with Crippen LogP contribution in [0.1, 0.15) is 36.2 Å². The van der Waals surface area contributed by atoms with Gasteiger partial charge in [-0.2, -0.15) is 0 Å². The van der Waals surface area contributed by atoms with Crippen LogP contribution in [0.4, 0.5) is 0 Å². The van der Waals surface area contributed by atoms with Crippen LogP contribution in [0.2, 0.25) is 0 Å². The molecule has 4 nitrogen and oxygen atoms in total. The van der Waals surface area contributed by atoms with Crippen molar-refractivity contribution in [2.75, 3.05) is 0 Å². The smallest absolute Gasteiger partial charge is 0.165 e. The molecule has 0 fully saturated rings. The summed E-state index contributed by atoms with van der Waals surface area (Å²) in [7, 11) is 0. The highest BCUT2D eigenvalue weighted by Gasteiger charge is 2.22. The first-order chi connectivity index (χ1) is 11.6. The molecule has 1 N–H and O–H groups in total. The number of carbonyl (C=O) groups excluding carboxylic acids is 1. The highest BCUT2D eigenvalue weighted by molar-refractivity contribution is 6.05. The number of pyridine rings is 2. The van der Waals surface area contributed by atoms with Crippen LogP contribution in [0.3, 0.4) is 0 Å². The maximum atomic E-state index is 12.9. The topological polar surface area (TPSA) is 58.6 Å². The van der Waals surface area contributed by atoms with E-state index < -0.39 is 0 Å². The van der Waals surface area contributed by atoms with E-state index in [1.807, 2.05) is 31.2 Å². The van der Waals surface area contributed by atoms with Gasteiger partial charge in [0.25, 0.3) is 0 Å². The van der Waals surface area contributed by atoms with Crippen LogP contribution in [-0.4, -0.2) is 20.7 Å². The van der Waals surface area contributed by atoms with Crippen molar-refractivity contribution in [2.45, 2.75) is 27.2 Å². The van der Waals surface area contributed by atoms with E-state index in [4.69, 9.17) is 0 Å². The van der Waals surface area contributed by atoms with Crippen LogP contribution in [0, 0.1) is 12.8 Å². The first-order valence-corrected chi connectivity index (χ1v) is 8.14. The molecule has 0 saturated carbocycles. The van der Waals surface area contributed by atoms with E-state index >= 15 is 0 Å². The summed E-state index contributed by atoms with van der Waals surface area (Å²) in [5.41, 5.74) is 5.60. The lowest BCUT2D eigenvalue weighted by Gasteiger charge is -2.07. The molecule has 0 aromatic carbocycles. The Morgan fingerprint density at radius 2 is 1.46 bits per heavy atom. The van der Waals surface area contributed by atoms with Gasteiger partial charge in [0.15, 0.2) is 5.78 Å². The van der Waals surface area contributed by atoms with Crippen LogP contribution in [0.5, 0.6) is 0 Å². The third-order valence-electron chi connectivity index (χ3n) is 4.06. The van der Waals surface area contributed by atoms with Crippen LogP contribution in [-0.2, 0) is 0 Å². The highest BCUT2D eigenvalue weighted by Crippen LogP contribution is 2.34. The second-order valence-corrected chi connectivity index (χ2v) is 6.37. The van der Waals surface area contributed by atoms with Crippen LogP contribution in [0.15, 0.2) is 49.1 Å². The predicted molar refractivity (Wildman–Crippen MR) is 95.8 cm³/mol. The van der Waals surface area contributed by atoms with Crippen molar-refractivity contribution in [3.63, 3.8) is 0 Å². The molecule has 0 unspecified atom stereocenters. The number of hydrogen-bond acceptors (Lipinski definition) is 3. The number of carbonyl (C=O) groups is 1. The van der Waals surface area contributed by atoms with Crippen LogP contribution in [0.25, 0.3) is 22.5 Å². The average molecular weight is 319 g/mol. The van der Waals surface area contributed by atoms with E-state index in [1.54, 1.807) is 24.8 Å². The number of H-pyrrole nitrogens is 1. The Balaban J connectivity index is 2.18. The molecule has 3 heterocycles. The van der Waals surface area contributed by atoms with Crippen molar-refractivity contribution < 1.29 is 4.79 Å². The Kier molecular flexibility index (Phi) is 4.56. The zero-order valence-electron chi connectivity index (χ0n) is 14.2. The summed E-state index contributed by atoms with van der Waals surface area (Å²) >= 11 is 0. The van der Waals surface area contributed by atoms with Gasteiger partial charge in [0.1, 0.15) is 0 Å². The number of nitrogens with one attached hydrogen (secondary N) is 1. The predicted octanol–water partition coefficient (Wildman–Crippen LogP) is 4.68. The number of aromatic nitrogens is 3. The van der Waals surface area contributed by atoms with Crippen LogP contribution < -0.4 is 0 Å². The van der Waals surface area contributed by atoms with E-state index in [0.717, 1.165) is 33.6 Å². The summed E-state index contributed by atoms with van der Waals surface area (Å²) in [6.45, 7) is 6.13. The van der Waals surface area contributed by atoms with E-state index in [-0.39, 0.29) is 5.78 Å². The molecule has 3 aromatic rings. The van der Waals surface area contributed by atoms with Crippen molar-refractivity contribution in [1.29, 1.82) is 0 Å². The number of Topliss-reactive ketones (excluding diaryl/α,β-unsaturated/α-hetero) is 1. The number of ketones is 1. The summed E-state index contributed by atoms with van der Waals surface area (Å²) in [5.74, 6) is 0.493. The van der Waals surface area contributed by atoms with E-state index in [2.05, 4.69) is 28.8 Å². The lowest BCUT2D eigenvalue weighted by atomic mass is 9.95. The molecular weight excluding hydrogens is 298 g/mol. The van der Waals surface area contributed by atoms with Gasteiger partial charge in [-0.15, -0.1) is 0 Å². The van der Waals surface area contributed by atoms with Gasteiger partial charge in [0.2, 0.25) is 0 Å². The molecule has 0 amide bonds. The molecular formula is C20H21N3O. The summed E-state index contributed by atoms with van der Waals surface area (Å²) < 4.78 is 0. The van der Waals surface area contributed by atoms with Crippen molar-refractivity contribution >= 4 is 5.78 Å². The zero-order valence-corrected chi connectivity index (χ0v) is 14.2. The Hall–Kier alpha value is -2.75. The molecule has 0 saturated heterocycles. The fourth-order valence-electron chi connectivity index (χ4n) is 2.96. The molecule has 3 rings (SSSR count). The summed E-state index contributed by atoms with van der Waals surface area (Å²) in [6.07, 6.45) is 7.55. The Bertz CT molecular complexity index is 836. The molecule has 24 heavy (non-hydrogen) atoms. The second kappa shape index (κ2) is 6.79. The molecule has 0 radical (unpaired) electrons. The van der Waals surface area contributed by atoms with Crippen molar-refractivity contribution in [3.8, 4) is 22.5 Å². The number of aromatic amines is 1. The van der Waals surface area contributed by atoms with Gasteiger partial charge in [-0.3, -0.25) is 14.8 Å². The van der Waals surface area contributed by atoms with Gasteiger partial charge in [0, 0.05) is 53.6 Å². The first-order valence-electron chi connectivity index (χ1n) is 8.14. The van der Waals surface area contributed by atoms with Gasteiger partial charge >= 0.3 is 0 Å². The van der Waals surface area contributed by atoms with Gasteiger partial charge in [0.05, 0.1) is 5.69 Å². The quantitative estimate of drug-likeness (QED) is 0.695. The molecule has 3 aromatic heterocycles. The van der Waals surface area contributed by atoms with Crippen molar-refractivity contribution in [3.05, 3.63) is 60.2 Å². The number of rotatable bonds is 5. The maximum Gasteiger partial charge on any atom is 0.165 e. The monoisotopic (exact) mass is 319 g/mol. The third kappa shape index (κ3) is 3.13. The van der Waals surface area contributed by atoms with Crippen molar-refractivity contribution in [1.82, 2.24) is 15.0 Å². The molecule has 122 valence electrons. The van der Waals surface area contributed by atoms with E-state index in [1.165, 1.54) is 0 Å². The minimum absolute atomic E-state index is 0.172. The standard InChI is InChI=1S/C20H21N3O/c1-13(2)12-17(24)18-14(3)19(15-4-8-21-9-5-15)23-20(18)16-6-10-22-11-7-16/h4-11,13,23H,12H2,1-3H3. The molecule has 0 aliphatic heterocycles. The van der Waals surface area contributed by atoms with Crippen LogP contribution >= 0.6 is 0 Å². The van der Waals surface area contributed by atoms with E-state index in [0.29, 0.717) is 12.3 Å². The summed E-state index contributed by atoms with van der Waals surface area (Å²) in [5, 5.41) is 0. The minimum atomic E-state index is 0.172. The van der Waals surface area contributed by atoms with Crippen molar-refractivity contribution in [2.24, 2.45) is 5.92 Å². The molecule has 4 heteroatoms. The average Bonchev–Trinajstić information content (AvgIpc) is 2.93.